The Labute approximate surface area is 120 Å². The SMILES string of the molecule is CCC(C)(C(=O)N(C)CC(=O)N1CCCC1)C(N)=S. The Bertz CT molecular complexity index is 380. The lowest BCUT2D eigenvalue weighted by molar-refractivity contribution is -0.142. The van der Waals surface area contributed by atoms with Crippen LogP contribution in [0.3, 0.4) is 0 Å². The smallest absolute Gasteiger partial charge is 0.242 e. The van der Waals surface area contributed by atoms with E-state index in [1.165, 1.54) is 4.90 Å². The van der Waals surface area contributed by atoms with Gasteiger partial charge in [-0.3, -0.25) is 9.59 Å². The molecule has 0 aromatic heterocycles. The predicted molar refractivity (Wildman–Crippen MR) is 78.6 cm³/mol. The largest absolute Gasteiger partial charge is 0.392 e. The van der Waals surface area contributed by atoms with Crippen molar-refractivity contribution < 1.29 is 9.59 Å². The van der Waals surface area contributed by atoms with Crippen LogP contribution in [0.2, 0.25) is 0 Å². The third-order valence-corrected chi connectivity index (χ3v) is 4.35. The molecule has 0 bridgehead atoms. The van der Waals surface area contributed by atoms with Gasteiger partial charge >= 0.3 is 0 Å². The summed E-state index contributed by atoms with van der Waals surface area (Å²) in [5.41, 5.74) is 4.80. The highest BCUT2D eigenvalue weighted by atomic mass is 32.1. The van der Waals surface area contributed by atoms with Crippen molar-refractivity contribution in [3.8, 4) is 0 Å². The van der Waals surface area contributed by atoms with Gasteiger partial charge in [0, 0.05) is 20.1 Å². The van der Waals surface area contributed by atoms with Gasteiger partial charge in [0.15, 0.2) is 0 Å². The number of hydrogen-bond donors (Lipinski definition) is 1. The molecule has 2 amide bonds. The summed E-state index contributed by atoms with van der Waals surface area (Å²) in [6.45, 7) is 5.28. The van der Waals surface area contributed by atoms with Gasteiger partial charge in [0.2, 0.25) is 11.8 Å². The van der Waals surface area contributed by atoms with E-state index in [0.717, 1.165) is 25.9 Å². The molecule has 108 valence electrons. The van der Waals surface area contributed by atoms with Crippen LogP contribution in [0.1, 0.15) is 33.1 Å². The standard InChI is InChI=1S/C13H23N3O2S/c1-4-13(2,11(14)19)12(18)15(3)9-10(17)16-7-5-6-8-16/h4-9H2,1-3H3,(H2,14,19). The molecule has 1 fully saturated rings. The van der Waals surface area contributed by atoms with Crippen molar-refractivity contribution in [2.45, 2.75) is 33.1 Å². The van der Waals surface area contributed by atoms with E-state index >= 15 is 0 Å². The number of likely N-dealkylation sites (N-methyl/N-ethyl adjacent to an activating group) is 1. The summed E-state index contributed by atoms with van der Waals surface area (Å²) in [7, 11) is 1.63. The highest BCUT2D eigenvalue weighted by Gasteiger charge is 2.37. The molecule has 0 saturated carbocycles. The van der Waals surface area contributed by atoms with Crippen LogP contribution in [0.25, 0.3) is 0 Å². The van der Waals surface area contributed by atoms with Crippen LogP contribution in [0.15, 0.2) is 0 Å². The van der Waals surface area contributed by atoms with Gasteiger partial charge in [0.25, 0.3) is 0 Å². The second-order valence-corrected chi connectivity index (χ2v) is 5.74. The van der Waals surface area contributed by atoms with E-state index in [2.05, 4.69) is 0 Å². The van der Waals surface area contributed by atoms with Crippen LogP contribution < -0.4 is 5.73 Å². The zero-order valence-electron chi connectivity index (χ0n) is 11.9. The monoisotopic (exact) mass is 285 g/mol. The molecule has 6 heteroatoms. The van der Waals surface area contributed by atoms with Crippen LogP contribution in [-0.4, -0.2) is 53.3 Å². The molecule has 1 atom stereocenters. The number of carbonyl (C=O) groups is 2. The summed E-state index contributed by atoms with van der Waals surface area (Å²) in [6.07, 6.45) is 2.62. The van der Waals surface area contributed by atoms with Gasteiger partial charge in [-0.15, -0.1) is 0 Å². The quantitative estimate of drug-likeness (QED) is 0.758. The normalized spacial score (nSPS) is 17.9. The molecule has 0 aliphatic carbocycles. The molecule has 0 radical (unpaired) electrons. The minimum absolute atomic E-state index is 0.00487. The summed E-state index contributed by atoms with van der Waals surface area (Å²) in [4.78, 5) is 27.8. The molecule has 2 N–H and O–H groups in total. The molecule has 0 aromatic carbocycles. The highest BCUT2D eigenvalue weighted by Crippen LogP contribution is 2.24. The average molecular weight is 285 g/mol. The van der Waals surface area contributed by atoms with Crippen LogP contribution >= 0.6 is 12.2 Å². The van der Waals surface area contributed by atoms with Crippen molar-refractivity contribution in [1.82, 2.24) is 9.80 Å². The minimum atomic E-state index is -0.866. The third-order valence-electron chi connectivity index (χ3n) is 3.90. The van der Waals surface area contributed by atoms with Gasteiger partial charge in [-0.2, -0.15) is 0 Å². The first-order valence-electron chi connectivity index (χ1n) is 6.66. The van der Waals surface area contributed by atoms with Crippen molar-refractivity contribution in [2.75, 3.05) is 26.7 Å². The van der Waals surface area contributed by atoms with Crippen LogP contribution in [-0.2, 0) is 9.59 Å². The first-order chi connectivity index (χ1) is 8.82. The lowest BCUT2D eigenvalue weighted by Crippen LogP contribution is -2.50. The molecule has 1 unspecified atom stereocenters. The number of likely N-dealkylation sites (tertiary alicyclic amines) is 1. The van der Waals surface area contributed by atoms with Gasteiger partial charge in [0.1, 0.15) is 0 Å². The van der Waals surface area contributed by atoms with Crippen LogP contribution in [0.5, 0.6) is 0 Å². The molecule has 0 spiro atoms. The molecule has 1 rings (SSSR count). The fourth-order valence-corrected chi connectivity index (χ4v) is 2.42. The Balaban J connectivity index is 2.66. The second-order valence-electron chi connectivity index (χ2n) is 5.30. The molecular weight excluding hydrogens is 262 g/mol. The number of nitrogens with two attached hydrogens (primary N) is 1. The number of thiocarbonyl (C=S) groups is 1. The molecule has 1 aliphatic heterocycles. The number of carbonyl (C=O) groups excluding carboxylic acids is 2. The van der Waals surface area contributed by atoms with Gasteiger partial charge in [-0.05, 0) is 26.2 Å². The van der Waals surface area contributed by atoms with E-state index in [1.807, 2.05) is 6.92 Å². The zero-order chi connectivity index (χ0) is 14.6. The van der Waals surface area contributed by atoms with Crippen molar-refractivity contribution >= 4 is 29.0 Å². The van der Waals surface area contributed by atoms with Gasteiger partial charge in [0.05, 0.1) is 16.9 Å². The van der Waals surface area contributed by atoms with Crippen LogP contribution in [0, 0.1) is 5.41 Å². The second kappa shape index (κ2) is 6.32. The summed E-state index contributed by atoms with van der Waals surface area (Å²) < 4.78 is 0. The van der Waals surface area contributed by atoms with Crippen molar-refractivity contribution in [2.24, 2.45) is 11.1 Å². The lowest BCUT2D eigenvalue weighted by Gasteiger charge is -2.31. The maximum atomic E-state index is 12.4. The summed E-state index contributed by atoms with van der Waals surface area (Å²) in [5, 5.41) is 0. The molecule has 1 aliphatic rings. The van der Waals surface area contributed by atoms with Gasteiger partial charge in [-0.25, -0.2) is 0 Å². The number of rotatable bonds is 5. The maximum absolute atomic E-state index is 12.4. The Hall–Kier alpha value is -1.17. The molecular formula is C13H23N3O2S. The van der Waals surface area contributed by atoms with Gasteiger partial charge in [-0.1, -0.05) is 19.1 Å². The zero-order valence-corrected chi connectivity index (χ0v) is 12.8. The molecule has 19 heavy (non-hydrogen) atoms. The Morgan fingerprint density at radius 1 is 1.37 bits per heavy atom. The first-order valence-corrected chi connectivity index (χ1v) is 7.07. The molecule has 1 saturated heterocycles. The van der Waals surface area contributed by atoms with E-state index in [0.29, 0.717) is 6.42 Å². The maximum Gasteiger partial charge on any atom is 0.242 e. The first kappa shape index (κ1) is 15.9. The average Bonchev–Trinajstić information content (AvgIpc) is 2.90. The van der Waals surface area contributed by atoms with Gasteiger partial charge < -0.3 is 15.5 Å². The molecule has 0 aromatic rings. The Kier molecular flexibility index (Phi) is 5.29. The van der Waals surface area contributed by atoms with E-state index in [9.17, 15) is 9.59 Å². The van der Waals surface area contributed by atoms with Crippen molar-refractivity contribution in [1.29, 1.82) is 0 Å². The van der Waals surface area contributed by atoms with Crippen LogP contribution in [0.4, 0.5) is 0 Å². The van der Waals surface area contributed by atoms with E-state index in [1.54, 1.807) is 18.9 Å². The number of amides is 2. The van der Waals surface area contributed by atoms with E-state index in [4.69, 9.17) is 18.0 Å². The fourth-order valence-electron chi connectivity index (χ4n) is 2.19. The third kappa shape index (κ3) is 3.43. The summed E-state index contributed by atoms with van der Waals surface area (Å²) in [5.74, 6) is -0.190. The topological polar surface area (TPSA) is 66.6 Å². The minimum Gasteiger partial charge on any atom is -0.392 e. The Morgan fingerprint density at radius 2 is 1.89 bits per heavy atom. The van der Waals surface area contributed by atoms with Crippen molar-refractivity contribution in [3.05, 3.63) is 0 Å². The van der Waals surface area contributed by atoms with E-state index < -0.39 is 5.41 Å². The Morgan fingerprint density at radius 3 is 2.32 bits per heavy atom. The highest BCUT2D eigenvalue weighted by molar-refractivity contribution is 7.80. The van der Waals surface area contributed by atoms with E-state index in [-0.39, 0.29) is 23.3 Å². The summed E-state index contributed by atoms with van der Waals surface area (Å²) >= 11 is 4.98. The van der Waals surface area contributed by atoms with Crippen molar-refractivity contribution in [3.63, 3.8) is 0 Å². The predicted octanol–water partition coefficient (Wildman–Crippen LogP) is 0.770. The number of nitrogens with zero attached hydrogens (tertiary/aromatic N) is 2. The molecule has 1 heterocycles. The lowest BCUT2D eigenvalue weighted by atomic mass is 9.86. The number of hydrogen-bond acceptors (Lipinski definition) is 3. The molecule has 5 nitrogen and oxygen atoms in total. The fraction of sp³-hybridized carbons (Fsp3) is 0.769. The summed E-state index contributed by atoms with van der Waals surface area (Å²) in [6, 6.07) is 0.